The van der Waals surface area contributed by atoms with Crippen LogP contribution in [0.1, 0.15) is 25.8 Å². The van der Waals surface area contributed by atoms with Crippen LogP contribution < -0.4 is 0 Å². The Morgan fingerprint density at radius 2 is 2.19 bits per heavy atom. The van der Waals surface area contributed by atoms with E-state index >= 15 is 0 Å². The summed E-state index contributed by atoms with van der Waals surface area (Å²) in [7, 11) is 0. The van der Waals surface area contributed by atoms with Crippen molar-refractivity contribution in [2.45, 2.75) is 25.7 Å². The standard InChI is InChI=1S/C11H11ClFNO2/c1-10(2)5-11(10,9(15)16)7-3-6(12)4-14-8(7)13/h3-4H,5H2,1-2H3,(H,15,16). The third-order valence-electron chi connectivity index (χ3n) is 3.37. The summed E-state index contributed by atoms with van der Waals surface area (Å²) in [6.07, 6.45) is 1.57. The topological polar surface area (TPSA) is 50.2 Å². The van der Waals surface area contributed by atoms with Crippen molar-refractivity contribution in [1.82, 2.24) is 4.98 Å². The second kappa shape index (κ2) is 3.17. The Bertz CT molecular complexity index is 475. The minimum Gasteiger partial charge on any atom is -0.481 e. The van der Waals surface area contributed by atoms with Crippen LogP contribution in [0.5, 0.6) is 0 Å². The second-order valence-corrected chi connectivity index (χ2v) is 5.20. The van der Waals surface area contributed by atoms with Gasteiger partial charge in [-0.1, -0.05) is 25.4 Å². The molecular formula is C11H11ClFNO2. The molecule has 0 amide bonds. The van der Waals surface area contributed by atoms with Gasteiger partial charge in [0.05, 0.1) is 5.02 Å². The molecule has 86 valence electrons. The highest BCUT2D eigenvalue weighted by atomic mass is 35.5. The van der Waals surface area contributed by atoms with Gasteiger partial charge in [0.25, 0.3) is 0 Å². The molecule has 1 saturated carbocycles. The molecule has 1 atom stereocenters. The van der Waals surface area contributed by atoms with Crippen molar-refractivity contribution < 1.29 is 14.3 Å². The van der Waals surface area contributed by atoms with E-state index in [0.717, 1.165) is 0 Å². The highest BCUT2D eigenvalue weighted by Crippen LogP contribution is 2.64. The Morgan fingerprint density at radius 1 is 1.62 bits per heavy atom. The van der Waals surface area contributed by atoms with Crippen LogP contribution in [0, 0.1) is 11.4 Å². The minimum absolute atomic E-state index is 0.0810. The molecule has 1 aromatic rings. The summed E-state index contributed by atoms with van der Waals surface area (Å²) >= 11 is 5.73. The van der Waals surface area contributed by atoms with Crippen molar-refractivity contribution in [3.05, 3.63) is 28.8 Å². The van der Waals surface area contributed by atoms with Crippen LogP contribution in [0.4, 0.5) is 4.39 Å². The predicted molar refractivity (Wildman–Crippen MR) is 56.9 cm³/mol. The van der Waals surface area contributed by atoms with Crippen molar-refractivity contribution in [2.75, 3.05) is 0 Å². The molecule has 1 heterocycles. The monoisotopic (exact) mass is 243 g/mol. The first-order valence-corrected chi connectivity index (χ1v) is 5.24. The van der Waals surface area contributed by atoms with Gasteiger partial charge in [-0.2, -0.15) is 4.39 Å². The molecule has 1 fully saturated rings. The first-order chi connectivity index (χ1) is 7.31. The van der Waals surface area contributed by atoms with Crippen LogP contribution in [0.15, 0.2) is 12.3 Å². The van der Waals surface area contributed by atoms with E-state index in [9.17, 15) is 14.3 Å². The van der Waals surface area contributed by atoms with Crippen LogP contribution >= 0.6 is 11.6 Å². The number of aromatic nitrogens is 1. The zero-order valence-electron chi connectivity index (χ0n) is 8.92. The lowest BCUT2D eigenvalue weighted by Crippen LogP contribution is -2.27. The van der Waals surface area contributed by atoms with E-state index in [2.05, 4.69) is 4.98 Å². The van der Waals surface area contributed by atoms with Crippen molar-refractivity contribution in [3.63, 3.8) is 0 Å². The number of rotatable bonds is 2. The number of hydrogen-bond acceptors (Lipinski definition) is 2. The maximum atomic E-state index is 13.6. The summed E-state index contributed by atoms with van der Waals surface area (Å²) in [5.74, 6) is -1.78. The molecule has 1 aliphatic rings. The number of carbonyl (C=O) groups is 1. The van der Waals surface area contributed by atoms with Crippen LogP contribution in [0.2, 0.25) is 5.02 Å². The molecule has 1 unspecified atom stereocenters. The molecule has 5 heteroatoms. The van der Waals surface area contributed by atoms with E-state index < -0.39 is 22.7 Å². The van der Waals surface area contributed by atoms with Gasteiger partial charge in [0.1, 0.15) is 5.41 Å². The first-order valence-electron chi connectivity index (χ1n) is 4.86. The summed E-state index contributed by atoms with van der Waals surface area (Å²) < 4.78 is 13.6. The zero-order chi connectivity index (χ0) is 12.1. The molecule has 16 heavy (non-hydrogen) atoms. The summed E-state index contributed by atoms with van der Waals surface area (Å²) in [5.41, 5.74) is -1.57. The van der Waals surface area contributed by atoms with Crippen molar-refractivity contribution in [2.24, 2.45) is 5.41 Å². The number of carboxylic acids is 1. The van der Waals surface area contributed by atoms with Crippen LogP contribution in [0.25, 0.3) is 0 Å². The lowest BCUT2D eigenvalue weighted by atomic mass is 9.89. The normalized spacial score (nSPS) is 26.5. The Kier molecular flexibility index (Phi) is 2.24. The minimum atomic E-state index is -1.19. The molecule has 0 aromatic carbocycles. The zero-order valence-corrected chi connectivity index (χ0v) is 9.68. The number of halogens is 2. The third kappa shape index (κ3) is 1.33. The molecule has 3 nitrogen and oxygen atoms in total. The predicted octanol–water partition coefficient (Wildman–Crippen LogP) is 2.63. The highest BCUT2D eigenvalue weighted by molar-refractivity contribution is 6.30. The third-order valence-corrected chi connectivity index (χ3v) is 3.57. The molecule has 0 radical (unpaired) electrons. The Balaban J connectivity index is 2.59. The van der Waals surface area contributed by atoms with E-state index in [1.165, 1.54) is 12.3 Å². The summed E-state index contributed by atoms with van der Waals surface area (Å²) in [6.45, 7) is 3.59. The highest BCUT2D eigenvalue weighted by Gasteiger charge is 2.69. The average Bonchev–Trinajstić information content (AvgIpc) is 2.75. The van der Waals surface area contributed by atoms with Crippen molar-refractivity contribution in [3.8, 4) is 0 Å². The Labute approximate surface area is 97.3 Å². The molecular weight excluding hydrogens is 233 g/mol. The summed E-state index contributed by atoms with van der Waals surface area (Å²) in [5, 5.41) is 9.52. The maximum Gasteiger partial charge on any atom is 0.314 e. The second-order valence-electron chi connectivity index (χ2n) is 4.76. The van der Waals surface area contributed by atoms with Gasteiger partial charge in [-0.25, -0.2) is 4.98 Å². The lowest BCUT2D eigenvalue weighted by Gasteiger charge is -2.16. The summed E-state index contributed by atoms with van der Waals surface area (Å²) in [4.78, 5) is 14.8. The lowest BCUT2D eigenvalue weighted by molar-refractivity contribution is -0.141. The van der Waals surface area contributed by atoms with Gasteiger partial charge in [0.15, 0.2) is 0 Å². The fourth-order valence-electron chi connectivity index (χ4n) is 2.28. The van der Waals surface area contributed by atoms with E-state index in [4.69, 9.17) is 11.6 Å². The van der Waals surface area contributed by atoms with E-state index in [1.807, 2.05) is 0 Å². The van der Waals surface area contributed by atoms with E-state index in [1.54, 1.807) is 13.8 Å². The fraction of sp³-hybridized carbons (Fsp3) is 0.455. The molecule has 1 aliphatic carbocycles. The van der Waals surface area contributed by atoms with Gasteiger partial charge in [-0.05, 0) is 17.9 Å². The molecule has 1 aromatic heterocycles. The number of aliphatic carboxylic acids is 1. The van der Waals surface area contributed by atoms with Gasteiger partial charge in [0.2, 0.25) is 5.95 Å². The van der Waals surface area contributed by atoms with Gasteiger partial charge in [-0.15, -0.1) is 0 Å². The number of nitrogens with zero attached hydrogens (tertiary/aromatic N) is 1. The maximum absolute atomic E-state index is 13.6. The smallest absolute Gasteiger partial charge is 0.314 e. The average molecular weight is 244 g/mol. The molecule has 2 rings (SSSR count). The van der Waals surface area contributed by atoms with Gasteiger partial charge >= 0.3 is 5.97 Å². The molecule has 0 bridgehead atoms. The number of pyridine rings is 1. The Hall–Kier alpha value is -1.16. The van der Waals surface area contributed by atoms with E-state index in [-0.39, 0.29) is 10.6 Å². The summed E-state index contributed by atoms with van der Waals surface area (Å²) in [6, 6.07) is 1.35. The number of carboxylic acid groups (broad SMARTS) is 1. The number of hydrogen-bond donors (Lipinski definition) is 1. The SMILES string of the molecule is CC1(C)CC1(C(=O)O)c1cc(Cl)cnc1F. The molecule has 0 saturated heterocycles. The van der Waals surface area contributed by atoms with Gasteiger partial charge in [0, 0.05) is 11.8 Å². The Morgan fingerprint density at radius 3 is 2.62 bits per heavy atom. The van der Waals surface area contributed by atoms with Gasteiger partial charge < -0.3 is 5.11 Å². The quantitative estimate of drug-likeness (QED) is 0.813. The largest absolute Gasteiger partial charge is 0.481 e. The van der Waals surface area contributed by atoms with E-state index in [0.29, 0.717) is 6.42 Å². The molecule has 0 aliphatic heterocycles. The fourth-order valence-corrected chi connectivity index (χ4v) is 2.44. The molecule has 0 spiro atoms. The first kappa shape index (κ1) is 11.3. The molecule has 1 N–H and O–H groups in total. The van der Waals surface area contributed by atoms with Crippen LogP contribution in [0.3, 0.4) is 0 Å². The van der Waals surface area contributed by atoms with Crippen LogP contribution in [-0.4, -0.2) is 16.1 Å². The van der Waals surface area contributed by atoms with Gasteiger partial charge in [-0.3, -0.25) is 4.79 Å². The van der Waals surface area contributed by atoms with Crippen molar-refractivity contribution in [1.29, 1.82) is 0 Å². The van der Waals surface area contributed by atoms with Crippen LogP contribution in [-0.2, 0) is 10.2 Å². The van der Waals surface area contributed by atoms with Crippen molar-refractivity contribution >= 4 is 17.6 Å².